The summed E-state index contributed by atoms with van der Waals surface area (Å²) in [4.78, 5) is 28.3. The third-order valence-corrected chi connectivity index (χ3v) is 5.97. The van der Waals surface area contributed by atoms with Crippen LogP contribution >= 0.6 is 0 Å². The average Bonchev–Trinajstić information content (AvgIpc) is 2.82. The first kappa shape index (κ1) is 22.5. The molecule has 3 aromatic rings. The van der Waals surface area contributed by atoms with Crippen LogP contribution in [0.5, 0.6) is 11.5 Å². The summed E-state index contributed by atoms with van der Waals surface area (Å²) in [5.41, 5.74) is 7.91. The van der Waals surface area contributed by atoms with E-state index in [1.54, 1.807) is 31.5 Å². The van der Waals surface area contributed by atoms with E-state index < -0.39 is 0 Å². The summed E-state index contributed by atoms with van der Waals surface area (Å²) in [5.74, 6) is 2.12. The number of hydrogen-bond acceptors (Lipinski definition) is 7. The molecule has 1 atom stereocenters. The molecular weight excluding hydrogens is 418 g/mol. The molecule has 0 bridgehead atoms. The first-order valence-corrected chi connectivity index (χ1v) is 11.0. The quantitative estimate of drug-likeness (QED) is 0.616. The van der Waals surface area contributed by atoms with Gasteiger partial charge in [0, 0.05) is 36.3 Å². The SMILES string of the molecule is COc1cc(C(=O)N2CCC[C@@](C)(c3cc(N)nc(C)n3)C2)ccc1OCc1ccccn1. The van der Waals surface area contributed by atoms with Crippen molar-refractivity contribution in [2.24, 2.45) is 0 Å². The minimum absolute atomic E-state index is 0.0470. The number of hydrogen-bond donors (Lipinski definition) is 1. The van der Waals surface area contributed by atoms with Crippen molar-refractivity contribution in [3.05, 3.63) is 71.4 Å². The van der Waals surface area contributed by atoms with Crippen molar-refractivity contribution >= 4 is 11.7 Å². The highest BCUT2D eigenvalue weighted by Crippen LogP contribution is 2.35. The third-order valence-electron chi connectivity index (χ3n) is 5.97. The number of methoxy groups -OCH3 is 1. The lowest BCUT2D eigenvalue weighted by atomic mass is 9.78. The highest BCUT2D eigenvalue weighted by molar-refractivity contribution is 5.95. The molecule has 1 aliphatic heterocycles. The van der Waals surface area contributed by atoms with Crippen molar-refractivity contribution < 1.29 is 14.3 Å². The van der Waals surface area contributed by atoms with Gasteiger partial charge < -0.3 is 20.1 Å². The lowest BCUT2D eigenvalue weighted by Gasteiger charge is -2.40. The van der Waals surface area contributed by atoms with Gasteiger partial charge in [-0.3, -0.25) is 9.78 Å². The van der Waals surface area contributed by atoms with Crippen molar-refractivity contribution in [1.29, 1.82) is 0 Å². The molecule has 1 saturated heterocycles. The molecule has 3 heterocycles. The largest absolute Gasteiger partial charge is 0.493 e. The Balaban J connectivity index is 1.51. The number of benzene rings is 1. The minimum Gasteiger partial charge on any atom is -0.493 e. The van der Waals surface area contributed by atoms with Crippen LogP contribution in [0.2, 0.25) is 0 Å². The number of ether oxygens (including phenoxy) is 2. The molecule has 172 valence electrons. The second-order valence-electron chi connectivity index (χ2n) is 8.59. The van der Waals surface area contributed by atoms with Gasteiger partial charge in [-0.15, -0.1) is 0 Å². The van der Waals surface area contributed by atoms with E-state index in [0.717, 1.165) is 24.2 Å². The second-order valence-corrected chi connectivity index (χ2v) is 8.59. The summed E-state index contributed by atoms with van der Waals surface area (Å²) in [6.07, 6.45) is 3.53. The molecule has 1 amide bonds. The lowest BCUT2D eigenvalue weighted by molar-refractivity contribution is 0.0647. The number of rotatable bonds is 6. The summed E-state index contributed by atoms with van der Waals surface area (Å²) < 4.78 is 11.4. The maximum atomic E-state index is 13.4. The Morgan fingerprint density at radius 3 is 2.76 bits per heavy atom. The number of nitrogens with two attached hydrogens (primary N) is 1. The standard InChI is InChI=1S/C25H29N5O3/c1-17-28-22(14-23(26)29-17)25(2)10-6-12-30(16-25)24(31)18-8-9-20(21(13-18)32-3)33-15-19-7-4-5-11-27-19/h4-5,7-9,11,13-14H,6,10,12,15-16H2,1-3H3,(H2,26,28,29)/t25-/m1/s1. The van der Waals surface area contributed by atoms with Crippen molar-refractivity contribution in [1.82, 2.24) is 19.9 Å². The molecule has 2 aromatic heterocycles. The molecule has 8 nitrogen and oxygen atoms in total. The van der Waals surface area contributed by atoms with Crippen molar-refractivity contribution in [2.45, 2.75) is 38.7 Å². The first-order chi connectivity index (χ1) is 15.9. The van der Waals surface area contributed by atoms with Gasteiger partial charge in [-0.2, -0.15) is 0 Å². The van der Waals surface area contributed by atoms with Crippen molar-refractivity contribution in [3.8, 4) is 11.5 Å². The Bertz CT molecular complexity index is 1120. The number of likely N-dealkylation sites (tertiary alicyclic amines) is 1. The van der Waals surface area contributed by atoms with Crippen molar-refractivity contribution in [3.63, 3.8) is 0 Å². The molecule has 0 spiro atoms. The molecule has 33 heavy (non-hydrogen) atoms. The number of aryl methyl sites for hydroxylation is 1. The van der Waals surface area contributed by atoms with Crippen LogP contribution in [0.15, 0.2) is 48.7 Å². The normalized spacial score (nSPS) is 18.1. The van der Waals surface area contributed by atoms with Crippen LogP contribution in [-0.4, -0.2) is 46.0 Å². The molecule has 0 unspecified atom stereocenters. The van der Waals surface area contributed by atoms with Gasteiger partial charge in [0.2, 0.25) is 0 Å². The van der Waals surface area contributed by atoms with E-state index >= 15 is 0 Å². The van der Waals surface area contributed by atoms with Crippen LogP contribution in [0.1, 0.15) is 47.3 Å². The number of aromatic nitrogens is 3. The molecule has 0 saturated carbocycles. The molecule has 0 aliphatic carbocycles. The highest BCUT2D eigenvalue weighted by atomic mass is 16.5. The zero-order chi connectivity index (χ0) is 23.4. The molecule has 8 heteroatoms. The monoisotopic (exact) mass is 447 g/mol. The fourth-order valence-corrected chi connectivity index (χ4v) is 4.26. The average molecular weight is 448 g/mol. The number of nitrogens with zero attached hydrogens (tertiary/aromatic N) is 4. The topological polar surface area (TPSA) is 103 Å². The molecule has 4 rings (SSSR count). The Hall–Kier alpha value is -3.68. The van der Waals surface area contributed by atoms with E-state index in [1.165, 1.54) is 0 Å². The Labute approximate surface area is 193 Å². The van der Waals surface area contributed by atoms with E-state index in [0.29, 0.717) is 48.4 Å². The molecule has 0 radical (unpaired) electrons. The van der Waals surface area contributed by atoms with Crippen LogP contribution in [0.4, 0.5) is 5.82 Å². The smallest absolute Gasteiger partial charge is 0.254 e. The fourth-order valence-electron chi connectivity index (χ4n) is 4.26. The lowest BCUT2D eigenvalue weighted by Crippen LogP contribution is -2.47. The Morgan fingerprint density at radius 2 is 2.03 bits per heavy atom. The van der Waals surface area contributed by atoms with Crippen LogP contribution in [0.25, 0.3) is 0 Å². The summed E-state index contributed by atoms with van der Waals surface area (Å²) in [5, 5.41) is 0. The summed E-state index contributed by atoms with van der Waals surface area (Å²) in [6, 6.07) is 12.8. The van der Waals surface area contributed by atoms with Gasteiger partial charge in [0.05, 0.1) is 18.5 Å². The molecule has 1 aliphatic rings. The van der Waals surface area contributed by atoms with Gasteiger partial charge in [-0.25, -0.2) is 9.97 Å². The molecule has 1 fully saturated rings. The Kier molecular flexibility index (Phi) is 6.44. The summed E-state index contributed by atoms with van der Waals surface area (Å²) in [7, 11) is 1.57. The highest BCUT2D eigenvalue weighted by Gasteiger charge is 2.36. The summed E-state index contributed by atoms with van der Waals surface area (Å²) in [6.45, 7) is 5.52. The van der Waals surface area contributed by atoms with Gasteiger partial charge >= 0.3 is 0 Å². The van der Waals surface area contributed by atoms with Crippen molar-refractivity contribution in [2.75, 3.05) is 25.9 Å². The van der Waals surface area contributed by atoms with Gasteiger partial charge in [-0.1, -0.05) is 13.0 Å². The number of anilines is 1. The van der Waals surface area contributed by atoms with Crippen LogP contribution < -0.4 is 15.2 Å². The minimum atomic E-state index is -0.286. The van der Waals surface area contributed by atoms with Crippen LogP contribution in [-0.2, 0) is 12.0 Å². The Morgan fingerprint density at radius 1 is 1.18 bits per heavy atom. The fraction of sp³-hybridized carbons (Fsp3) is 0.360. The predicted molar refractivity (Wildman–Crippen MR) is 125 cm³/mol. The number of carbonyl (C=O) groups is 1. The maximum absolute atomic E-state index is 13.4. The van der Waals surface area contributed by atoms with E-state index in [-0.39, 0.29) is 11.3 Å². The predicted octanol–water partition coefficient (Wildman–Crippen LogP) is 3.54. The number of carbonyl (C=O) groups excluding carboxylic acids is 1. The number of piperidine rings is 1. The molecular formula is C25H29N5O3. The molecule has 2 N–H and O–H groups in total. The first-order valence-electron chi connectivity index (χ1n) is 11.0. The van der Waals surface area contributed by atoms with Gasteiger partial charge in [-0.05, 0) is 50.1 Å². The van der Waals surface area contributed by atoms with E-state index in [2.05, 4.69) is 21.9 Å². The van der Waals surface area contributed by atoms with Gasteiger partial charge in [0.25, 0.3) is 5.91 Å². The van der Waals surface area contributed by atoms with Crippen LogP contribution in [0, 0.1) is 6.92 Å². The van der Waals surface area contributed by atoms with Crippen LogP contribution in [0.3, 0.4) is 0 Å². The maximum Gasteiger partial charge on any atom is 0.254 e. The zero-order valence-electron chi connectivity index (χ0n) is 19.2. The number of pyridine rings is 1. The molecule has 1 aromatic carbocycles. The van der Waals surface area contributed by atoms with E-state index in [9.17, 15) is 4.79 Å². The number of amides is 1. The number of nitrogen functional groups attached to an aromatic ring is 1. The van der Waals surface area contributed by atoms with Gasteiger partial charge in [0.1, 0.15) is 18.2 Å². The van der Waals surface area contributed by atoms with Gasteiger partial charge in [0.15, 0.2) is 11.5 Å². The third kappa shape index (κ3) is 5.05. The van der Waals surface area contributed by atoms with E-state index in [1.807, 2.05) is 36.1 Å². The zero-order valence-corrected chi connectivity index (χ0v) is 19.2. The second kappa shape index (κ2) is 9.44. The van der Waals surface area contributed by atoms with E-state index in [4.69, 9.17) is 15.2 Å². The summed E-state index contributed by atoms with van der Waals surface area (Å²) >= 11 is 0.